The van der Waals surface area contributed by atoms with Gasteiger partial charge in [0, 0.05) is 24.5 Å². The molecule has 114 valence electrons. The first kappa shape index (κ1) is 15.5. The molecule has 0 amide bonds. The van der Waals surface area contributed by atoms with Crippen LogP contribution in [0.15, 0.2) is 17.5 Å². The van der Waals surface area contributed by atoms with Gasteiger partial charge in [0.05, 0.1) is 6.54 Å². The molecular formula is C14H22N6S. The fraction of sp³-hybridized carbons (Fsp3) is 0.500. The van der Waals surface area contributed by atoms with Crippen LogP contribution in [0.3, 0.4) is 0 Å². The predicted molar refractivity (Wildman–Crippen MR) is 89.2 cm³/mol. The molecule has 0 bridgehead atoms. The van der Waals surface area contributed by atoms with Crippen molar-refractivity contribution in [1.29, 1.82) is 0 Å². The number of nitrogens with zero attached hydrogens (tertiary/aromatic N) is 4. The molecule has 0 aliphatic heterocycles. The maximum atomic E-state index is 4.51. The normalized spacial score (nSPS) is 10.4. The fourth-order valence-electron chi connectivity index (χ4n) is 1.91. The quantitative estimate of drug-likeness (QED) is 0.782. The van der Waals surface area contributed by atoms with Gasteiger partial charge in [-0.3, -0.25) is 0 Å². The average Bonchev–Trinajstić information content (AvgIpc) is 3.00. The molecule has 2 aromatic heterocycles. The van der Waals surface area contributed by atoms with E-state index in [4.69, 9.17) is 0 Å². The van der Waals surface area contributed by atoms with Crippen LogP contribution in [-0.4, -0.2) is 34.6 Å². The first-order chi connectivity index (χ1) is 10.3. The summed E-state index contributed by atoms with van der Waals surface area (Å²) >= 11 is 1.72. The zero-order valence-electron chi connectivity index (χ0n) is 12.8. The van der Waals surface area contributed by atoms with Crippen LogP contribution in [0.5, 0.6) is 0 Å². The molecule has 21 heavy (non-hydrogen) atoms. The molecule has 0 aliphatic carbocycles. The van der Waals surface area contributed by atoms with Gasteiger partial charge in [-0.05, 0) is 32.2 Å². The number of anilines is 3. The minimum atomic E-state index is 0.608. The molecule has 0 unspecified atom stereocenters. The Bertz CT molecular complexity index is 538. The van der Waals surface area contributed by atoms with Gasteiger partial charge >= 0.3 is 0 Å². The van der Waals surface area contributed by atoms with Gasteiger partial charge in [0.1, 0.15) is 0 Å². The van der Waals surface area contributed by atoms with E-state index in [9.17, 15) is 0 Å². The van der Waals surface area contributed by atoms with Gasteiger partial charge in [-0.1, -0.05) is 6.07 Å². The van der Waals surface area contributed by atoms with Gasteiger partial charge < -0.3 is 15.5 Å². The van der Waals surface area contributed by atoms with E-state index in [0.717, 1.165) is 26.2 Å². The summed E-state index contributed by atoms with van der Waals surface area (Å²) in [5.41, 5.74) is 0. The lowest BCUT2D eigenvalue weighted by atomic mass is 10.5. The fourth-order valence-corrected chi connectivity index (χ4v) is 2.55. The maximum absolute atomic E-state index is 4.51. The van der Waals surface area contributed by atoms with Crippen molar-refractivity contribution in [2.45, 2.75) is 27.3 Å². The van der Waals surface area contributed by atoms with Crippen molar-refractivity contribution >= 4 is 29.2 Å². The highest BCUT2D eigenvalue weighted by Crippen LogP contribution is 2.15. The van der Waals surface area contributed by atoms with Crippen molar-refractivity contribution in [2.75, 3.05) is 35.2 Å². The standard InChI is InChI=1S/C14H22N6S/c1-4-15-12-17-13(16-10-11-8-7-9-21-11)19-14(18-12)20(5-2)6-3/h7-9H,4-6,10H2,1-3H3,(H2,15,16,17,18,19). The Morgan fingerprint density at radius 2 is 1.76 bits per heavy atom. The average molecular weight is 306 g/mol. The molecule has 2 heterocycles. The lowest BCUT2D eigenvalue weighted by Gasteiger charge is -2.19. The van der Waals surface area contributed by atoms with Crippen LogP contribution >= 0.6 is 11.3 Å². The number of hydrogen-bond acceptors (Lipinski definition) is 7. The molecule has 0 spiro atoms. The largest absolute Gasteiger partial charge is 0.354 e. The molecular weight excluding hydrogens is 284 g/mol. The maximum Gasteiger partial charge on any atom is 0.231 e. The summed E-state index contributed by atoms with van der Waals surface area (Å²) < 4.78 is 0. The number of hydrogen-bond donors (Lipinski definition) is 2. The first-order valence-corrected chi connectivity index (χ1v) is 8.15. The Morgan fingerprint density at radius 3 is 2.33 bits per heavy atom. The van der Waals surface area contributed by atoms with E-state index in [1.54, 1.807) is 11.3 Å². The van der Waals surface area contributed by atoms with Crippen molar-refractivity contribution in [3.63, 3.8) is 0 Å². The van der Waals surface area contributed by atoms with Crippen LogP contribution in [0.1, 0.15) is 25.6 Å². The predicted octanol–water partition coefficient (Wildman–Crippen LogP) is 2.82. The van der Waals surface area contributed by atoms with E-state index in [1.165, 1.54) is 4.88 Å². The molecule has 7 heteroatoms. The van der Waals surface area contributed by atoms with Crippen LogP contribution in [0.2, 0.25) is 0 Å². The first-order valence-electron chi connectivity index (χ1n) is 7.27. The Kier molecular flexibility index (Phi) is 5.74. The summed E-state index contributed by atoms with van der Waals surface area (Å²) in [6, 6.07) is 4.13. The molecule has 2 aromatic rings. The number of rotatable bonds is 8. The van der Waals surface area contributed by atoms with Crippen molar-refractivity contribution in [3.8, 4) is 0 Å². The molecule has 0 fully saturated rings. The summed E-state index contributed by atoms with van der Waals surface area (Å²) in [6.45, 7) is 9.47. The van der Waals surface area contributed by atoms with Gasteiger partial charge in [0.2, 0.25) is 17.8 Å². The second-order valence-electron chi connectivity index (χ2n) is 4.42. The Balaban J connectivity index is 2.18. The van der Waals surface area contributed by atoms with E-state index < -0.39 is 0 Å². The molecule has 0 aromatic carbocycles. The van der Waals surface area contributed by atoms with E-state index in [0.29, 0.717) is 17.8 Å². The second kappa shape index (κ2) is 7.78. The van der Waals surface area contributed by atoms with Crippen LogP contribution in [-0.2, 0) is 6.54 Å². The number of aromatic nitrogens is 3. The highest BCUT2D eigenvalue weighted by Gasteiger charge is 2.10. The summed E-state index contributed by atoms with van der Waals surface area (Å²) in [5.74, 6) is 1.93. The van der Waals surface area contributed by atoms with Gasteiger partial charge in [-0.15, -0.1) is 11.3 Å². The molecule has 0 aliphatic rings. The molecule has 0 saturated carbocycles. The van der Waals surface area contributed by atoms with E-state index in [2.05, 4.69) is 55.8 Å². The Morgan fingerprint density at radius 1 is 1.05 bits per heavy atom. The van der Waals surface area contributed by atoms with Gasteiger partial charge in [0.15, 0.2) is 0 Å². The zero-order chi connectivity index (χ0) is 15.1. The molecule has 2 N–H and O–H groups in total. The zero-order valence-corrected chi connectivity index (χ0v) is 13.6. The number of nitrogens with one attached hydrogen (secondary N) is 2. The summed E-state index contributed by atoms with van der Waals surface area (Å²) in [7, 11) is 0. The van der Waals surface area contributed by atoms with Gasteiger partial charge in [-0.2, -0.15) is 15.0 Å². The van der Waals surface area contributed by atoms with Crippen LogP contribution in [0.25, 0.3) is 0 Å². The summed E-state index contributed by atoms with van der Waals surface area (Å²) in [6.07, 6.45) is 0. The van der Waals surface area contributed by atoms with Crippen molar-refractivity contribution in [1.82, 2.24) is 15.0 Å². The SMILES string of the molecule is CCNc1nc(NCc2cccs2)nc(N(CC)CC)n1. The van der Waals surface area contributed by atoms with E-state index in [-0.39, 0.29) is 0 Å². The Labute approximate surface area is 129 Å². The van der Waals surface area contributed by atoms with E-state index >= 15 is 0 Å². The molecule has 2 rings (SSSR count). The third-order valence-corrected chi connectivity index (χ3v) is 3.88. The Hall–Kier alpha value is -1.89. The molecule has 6 nitrogen and oxygen atoms in total. The van der Waals surface area contributed by atoms with Crippen molar-refractivity contribution in [2.24, 2.45) is 0 Å². The second-order valence-corrected chi connectivity index (χ2v) is 5.45. The monoisotopic (exact) mass is 306 g/mol. The van der Waals surface area contributed by atoms with Crippen molar-refractivity contribution in [3.05, 3.63) is 22.4 Å². The van der Waals surface area contributed by atoms with E-state index in [1.807, 2.05) is 13.0 Å². The molecule has 0 saturated heterocycles. The topological polar surface area (TPSA) is 66.0 Å². The van der Waals surface area contributed by atoms with Crippen molar-refractivity contribution < 1.29 is 0 Å². The van der Waals surface area contributed by atoms with Gasteiger partial charge in [0.25, 0.3) is 0 Å². The lowest BCUT2D eigenvalue weighted by Crippen LogP contribution is -2.25. The van der Waals surface area contributed by atoms with Crippen LogP contribution in [0, 0.1) is 0 Å². The van der Waals surface area contributed by atoms with Crippen LogP contribution in [0.4, 0.5) is 17.8 Å². The molecule has 0 radical (unpaired) electrons. The minimum absolute atomic E-state index is 0.608. The highest BCUT2D eigenvalue weighted by molar-refractivity contribution is 7.09. The molecule has 0 atom stereocenters. The third kappa shape index (κ3) is 4.29. The smallest absolute Gasteiger partial charge is 0.231 e. The third-order valence-electron chi connectivity index (χ3n) is 3.01. The van der Waals surface area contributed by atoms with Crippen LogP contribution < -0.4 is 15.5 Å². The summed E-state index contributed by atoms with van der Waals surface area (Å²) in [5, 5.41) is 8.49. The summed E-state index contributed by atoms with van der Waals surface area (Å²) in [4.78, 5) is 16.8. The lowest BCUT2D eigenvalue weighted by molar-refractivity contribution is 0.811. The number of thiophene rings is 1. The highest BCUT2D eigenvalue weighted by atomic mass is 32.1. The minimum Gasteiger partial charge on any atom is -0.354 e. The van der Waals surface area contributed by atoms with Gasteiger partial charge in [-0.25, -0.2) is 0 Å².